The average Bonchev–Trinajstić information content (AvgIpc) is 2.63. The van der Waals surface area contributed by atoms with Gasteiger partial charge in [-0.3, -0.25) is 9.78 Å². The summed E-state index contributed by atoms with van der Waals surface area (Å²) in [7, 11) is 0. The van der Waals surface area contributed by atoms with Crippen molar-refractivity contribution in [1.82, 2.24) is 4.98 Å². The second-order valence-corrected chi connectivity index (χ2v) is 5.15. The van der Waals surface area contributed by atoms with Crippen molar-refractivity contribution >= 4 is 11.6 Å². The Kier molecular flexibility index (Phi) is 4.45. The molecule has 1 aromatic heterocycles. The second kappa shape index (κ2) is 6.85. The number of pyridine rings is 1. The van der Waals surface area contributed by atoms with E-state index in [2.05, 4.69) is 10.3 Å². The maximum atomic E-state index is 12.4. The first-order valence-corrected chi connectivity index (χ1v) is 7.38. The molecule has 0 saturated carbocycles. The van der Waals surface area contributed by atoms with Gasteiger partial charge in [0.05, 0.1) is 5.69 Å². The van der Waals surface area contributed by atoms with Gasteiger partial charge in [0.25, 0.3) is 5.91 Å². The molecule has 0 aliphatic rings. The summed E-state index contributed by atoms with van der Waals surface area (Å²) in [4.78, 5) is 16.7. The molecule has 0 bridgehead atoms. The van der Waals surface area contributed by atoms with Crippen LogP contribution in [0.4, 0.5) is 5.69 Å². The number of nitrogens with two attached hydrogens (primary N) is 1. The largest absolute Gasteiger partial charge is 0.326 e. The quantitative estimate of drug-likeness (QED) is 0.775. The van der Waals surface area contributed by atoms with Gasteiger partial charge in [0, 0.05) is 29.6 Å². The SMILES string of the molecule is NCc1ccnc(-c2cccc(C(=O)Nc3ccccc3)c2)c1. The summed E-state index contributed by atoms with van der Waals surface area (Å²) in [6.07, 6.45) is 1.73. The van der Waals surface area contributed by atoms with Gasteiger partial charge in [0.2, 0.25) is 0 Å². The van der Waals surface area contributed by atoms with Crippen molar-refractivity contribution in [3.63, 3.8) is 0 Å². The summed E-state index contributed by atoms with van der Waals surface area (Å²) in [5, 5.41) is 2.88. The van der Waals surface area contributed by atoms with Crippen molar-refractivity contribution in [1.29, 1.82) is 0 Å². The lowest BCUT2D eigenvalue weighted by Gasteiger charge is -2.07. The number of nitrogens with one attached hydrogen (secondary N) is 1. The van der Waals surface area contributed by atoms with Gasteiger partial charge in [-0.2, -0.15) is 0 Å². The molecule has 0 spiro atoms. The molecule has 23 heavy (non-hydrogen) atoms. The molecule has 3 aromatic rings. The van der Waals surface area contributed by atoms with E-state index in [0.717, 1.165) is 22.5 Å². The number of carbonyl (C=O) groups is 1. The molecule has 0 unspecified atom stereocenters. The number of benzene rings is 2. The number of amides is 1. The fourth-order valence-electron chi connectivity index (χ4n) is 2.30. The minimum Gasteiger partial charge on any atom is -0.326 e. The van der Waals surface area contributed by atoms with E-state index in [4.69, 9.17) is 5.73 Å². The minimum absolute atomic E-state index is 0.145. The molecule has 3 rings (SSSR count). The van der Waals surface area contributed by atoms with Gasteiger partial charge in [-0.05, 0) is 42.0 Å². The minimum atomic E-state index is -0.145. The van der Waals surface area contributed by atoms with Crippen molar-refractivity contribution in [2.45, 2.75) is 6.54 Å². The van der Waals surface area contributed by atoms with E-state index in [-0.39, 0.29) is 5.91 Å². The molecular formula is C19H17N3O. The summed E-state index contributed by atoms with van der Waals surface area (Å²) in [5.41, 5.74) is 9.73. The van der Waals surface area contributed by atoms with Crippen LogP contribution in [0.15, 0.2) is 72.9 Å². The number of rotatable bonds is 4. The molecule has 2 aromatic carbocycles. The second-order valence-electron chi connectivity index (χ2n) is 5.15. The van der Waals surface area contributed by atoms with Crippen LogP contribution in [-0.4, -0.2) is 10.9 Å². The normalized spacial score (nSPS) is 10.3. The van der Waals surface area contributed by atoms with Crippen molar-refractivity contribution in [2.24, 2.45) is 5.73 Å². The molecule has 0 fully saturated rings. The monoisotopic (exact) mass is 303 g/mol. The summed E-state index contributed by atoms with van der Waals surface area (Å²) < 4.78 is 0. The van der Waals surface area contributed by atoms with E-state index < -0.39 is 0 Å². The third kappa shape index (κ3) is 3.62. The van der Waals surface area contributed by atoms with E-state index in [9.17, 15) is 4.79 Å². The predicted octanol–water partition coefficient (Wildman–Crippen LogP) is 3.46. The predicted molar refractivity (Wildman–Crippen MR) is 92.0 cm³/mol. The van der Waals surface area contributed by atoms with Crippen LogP contribution in [0.5, 0.6) is 0 Å². The van der Waals surface area contributed by atoms with Crippen LogP contribution in [0.25, 0.3) is 11.3 Å². The molecule has 1 heterocycles. The number of carbonyl (C=O) groups excluding carboxylic acids is 1. The Morgan fingerprint density at radius 3 is 2.61 bits per heavy atom. The van der Waals surface area contributed by atoms with Crippen molar-refractivity contribution in [3.8, 4) is 11.3 Å². The first kappa shape index (κ1) is 14.9. The maximum absolute atomic E-state index is 12.4. The topological polar surface area (TPSA) is 68.0 Å². The third-order valence-electron chi connectivity index (χ3n) is 3.51. The van der Waals surface area contributed by atoms with E-state index >= 15 is 0 Å². The van der Waals surface area contributed by atoms with E-state index in [1.165, 1.54) is 0 Å². The zero-order chi connectivity index (χ0) is 16.1. The lowest BCUT2D eigenvalue weighted by molar-refractivity contribution is 0.102. The molecule has 3 N–H and O–H groups in total. The van der Waals surface area contributed by atoms with Crippen molar-refractivity contribution < 1.29 is 4.79 Å². The van der Waals surface area contributed by atoms with Crippen LogP contribution in [0.1, 0.15) is 15.9 Å². The van der Waals surface area contributed by atoms with Crippen LogP contribution in [0, 0.1) is 0 Å². The fourth-order valence-corrected chi connectivity index (χ4v) is 2.30. The van der Waals surface area contributed by atoms with Gasteiger partial charge >= 0.3 is 0 Å². The summed E-state index contributed by atoms with van der Waals surface area (Å²) in [6, 6.07) is 20.6. The standard InChI is InChI=1S/C19H17N3O/c20-13-14-9-10-21-18(11-14)15-5-4-6-16(12-15)19(23)22-17-7-2-1-3-8-17/h1-12H,13,20H2,(H,22,23). The van der Waals surface area contributed by atoms with Crippen LogP contribution in [-0.2, 0) is 6.54 Å². The van der Waals surface area contributed by atoms with Gasteiger partial charge in [0.1, 0.15) is 0 Å². The van der Waals surface area contributed by atoms with Crippen LogP contribution in [0.2, 0.25) is 0 Å². The Bertz CT molecular complexity index is 816. The lowest BCUT2D eigenvalue weighted by Crippen LogP contribution is -2.11. The highest BCUT2D eigenvalue weighted by atomic mass is 16.1. The molecule has 114 valence electrons. The molecule has 0 aliphatic heterocycles. The molecule has 1 amide bonds. The first-order valence-electron chi connectivity index (χ1n) is 7.38. The van der Waals surface area contributed by atoms with E-state index in [1.54, 1.807) is 12.3 Å². The number of aromatic nitrogens is 1. The highest BCUT2D eigenvalue weighted by Gasteiger charge is 2.08. The smallest absolute Gasteiger partial charge is 0.255 e. The van der Waals surface area contributed by atoms with Gasteiger partial charge in [-0.1, -0.05) is 30.3 Å². The Hall–Kier alpha value is -2.98. The Morgan fingerprint density at radius 1 is 1.00 bits per heavy atom. The van der Waals surface area contributed by atoms with Gasteiger partial charge in [-0.25, -0.2) is 0 Å². The number of para-hydroxylation sites is 1. The van der Waals surface area contributed by atoms with Crippen LogP contribution in [0.3, 0.4) is 0 Å². The molecule has 4 nitrogen and oxygen atoms in total. The number of hydrogen-bond acceptors (Lipinski definition) is 3. The van der Waals surface area contributed by atoms with Crippen molar-refractivity contribution in [2.75, 3.05) is 5.32 Å². The summed E-state index contributed by atoms with van der Waals surface area (Å²) in [6.45, 7) is 0.462. The summed E-state index contributed by atoms with van der Waals surface area (Å²) in [5.74, 6) is -0.145. The molecule has 4 heteroatoms. The van der Waals surface area contributed by atoms with E-state index in [1.807, 2.05) is 60.7 Å². The Balaban J connectivity index is 1.86. The fraction of sp³-hybridized carbons (Fsp3) is 0.0526. The van der Waals surface area contributed by atoms with Crippen LogP contribution >= 0.6 is 0 Å². The lowest BCUT2D eigenvalue weighted by atomic mass is 10.1. The van der Waals surface area contributed by atoms with Gasteiger partial charge < -0.3 is 11.1 Å². The molecule has 0 radical (unpaired) electrons. The number of nitrogens with zero attached hydrogens (tertiary/aromatic N) is 1. The number of anilines is 1. The number of hydrogen-bond donors (Lipinski definition) is 2. The molecule has 0 aliphatic carbocycles. The highest BCUT2D eigenvalue weighted by Crippen LogP contribution is 2.20. The van der Waals surface area contributed by atoms with E-state index in [0.29, 0.717) is 12.1 Å². The maximum Gasteiger partial charge on any atom is 0.255 e. The summed E-state index contributed by atoms with van der Waals surface area (Å²) >= 11 is 0. The average molecular weight is 303 g/mol. The molecule has 0 atom stereocenters. The van der Waals surface area contributed by atoms with Crippen LogP contribution < -0.4 is 11.1 Å². The molecule has 0 saturated heterocycles. The Morgan fingerprint density at radius 2 is 1.83 bits per heavy atom. The van der Waals surface area contributed by atoms with Gasteiger partial charge in [0.15, 0.2) is 0 Å². The Labute approximate surface area is 135 Å². The zero-order valence-electron chi connectivity index (χ0n) is 12.6. The first-order chi connectivity index (χ1) is 11.3. The zero-order valence-corrected chi connectivity index (χ0v) is 12.6. The molecular weight excluding hydrogens is 286 g/mol. The van der Waals surface area contributed by atoms with Crippen molar-refractivity contribution in [3.05, 3.63) is 84.1 Å². The third-order valence-corrected chi connectivity index (χ3v) is 3.51. The van der Waals surface area contributed by atoms with Gasteiger partial charge in [-0.15, -0.1) is 0 Å². The highest BCUT2D eigenvalue weighted by molar-refractivity contribution is 6.04.